The third-order valence-electron chi connectivity index (χ3n) is 4.30. The molecule has 32 heavy (non-hydrogen) atoms. The van der Waals surface area contributed by atoms with Crippen molar-refractivity contribution in [1.82, 2.24) is 15.0 Å². The fourth-order valence-electron chi connectivity index (χ4n) is 2.84. The Balaban J connectivity index is 1.49. The number of aromatic amines is 1. The Hall–Kier alpha value is -4.59. The number of amides is 1. The van der Waals surface area contributed by atoms with Crippen LogP contribution in [0.4, 0.5) is 24.5 Å². The molecule has 4 aromatic rings. The summed E-state index contributed by atoms with van der Waals surface area (Å²) in [5.41, 5.74) is 4.18. The van der Waals surface area contributed by atoms with E-state index in [4.69, 9.17) is 10.00 Å². The van der Waals surface area contributed by atoms with Crippen LogP contribution in [0.3, 0.4) is 0 Å². The number of halogens is 3. The van der Waals surface area contributed by atoms with E-state index in [0.29, 0.717) is 29.3 Å². The van der Waals surface area contributed by atoms with Crippen LogP contribution in [0.1, 0.15) is 11.5 Å². The number of ether oxygens (including phenoxy) is 1. The van der Waals surface area contributed by atoms with Gasteiger partial charge in [0.05, 0.1) is 22.4 Å². The molecule has 8 nitrogen and oxygen atoms in total. The van der Waals surface area contributed by atoms with Crippen LogP contribution in [0, 0.1) is 11.3 Å². The lowest BCUT2D eigenvalue weighted by molar-refractivity contribution is -0.144. The van der Waals surface area contributed by atoms with E-state index >= 15 is 0 Å². The third kappa shape index (κ3) is 4.44. The Morgan fingerprint density at radius 1 is 1.09 bits per heavy atom. The zero-order chi connectivity index (χ0) is 22.7. The molecule has 0 bridgehead atoms. The summed E-state index contributed by atoms with van der Waals surface area (Å²) in [7, 11) is 0. The number of anilines is 2. The minimum Gasteiger partial charge on any atom is -0.457 e. The van der Waals surface area contributed by atoms with Crippen molar-refractivity contribution in [3.05, 3.63) is 72.3 Å². The van der Waals surface area contributed by atoms with Gasteiger partial charge in [-0.2, -0.15) is 18.4 Å². The molecule has 0 saturated carbocycles. The molecule has 2 N–H and O–H groups in total. The molecule has 2 heterocycles. The second-order valence-corrected chi connectivity index (χ2v) is 6.49. The van der Waals surface area contributed by atoms with Crippen LogP contribution in [0.5, 0.6) is 11.5 Å². The van der Waals surface area contributed by atoms with E-state index < -0.39 is 12.0 Å². The number of rotatable bonds is 6. The van der Waals surface area contributed by atoms with Gasteiger partial charge in [-0.3, -0.25) is 10.2 Å². The normalized spacial score (nSPS) is 11.1. The van der Waals surface area contributed by atoms with Gasteiger partial charge in [0.1, 0.15) is 23.3 Å². The average molecular weight is 438 g/mol. The number of nitrogens with zero attached hydrogens (tertiary/aromatic N) is 4. The molecular weight excluding hydrogens is 425 g/mol. The summed E-state index contributed by atoms with van der Waals surface area (Å²) in [4.78, 5) is 21.2. The lowest BCUT2D eigenvalue weighted by Crippen LogP contribution is -2.27. The summed E-state index contributed by atoms with van der Waals surface area (Å²) in [5, 5.41) is 10.0. The first kappa shape index (κ1) is 20.7. The first-order valence-corrected chi connectivity index (χ1v) is 9.08. The fraction of sp³-hybridized carbons (Fsp3) is 0.0476. The maximum atomic E-state index is 12.8. The standard InChI is InChI=1S/C21H13F3N6O2/c22-21(23,24)20-27-18-6-3-15(10-19(18)28-20)30(12-31)29-13-1-4-16(5-2-13)32-17-7-8-26-14(9-17)11-25/h1-10,12,29H,(H,27,28). The molecule has 160 valence electrons. The van der Waals surface area contributed by atoms with Crippen molar-refractivity contribution in [3.8, 4) is 17.6 Å². The van der Waals surface area contributed by atoms with Crippen molar-refractivity contribution in [2.24, 2.45) is 0 Å². The van der Waals surface area contributed by atoms with Gasteiger partial charge >= 0.3 is 6.18 Å². The van der Waals surface area contributed by atoms with Gasteiger partial charge in [-0.05, 0) is 48.5 Å². The zero-order valence-electron chi connectivity index (χ0n) is 16.1. The molecule has 0 aliphatic carbocycles. The first-order valence-electron chi connectivity index (χ1n) is 9.08. The highest BCUT2D eigenvalue weighted by Crippen LogP contribution is 2.30. The molecule has 0 aliphatic heterocycles. The summed E-state index contributed by atoms with van der Waals surface area (Å²) in [6, 6.07) is 15.8. The molecule has 2 aromatic carbocycles. The molecule has 0 unspecified atom stereocenters. The van der Waals surface area contributed by atoms with Crippen molar-refractivity contribution in [2.45, 2.75) is 6.18 Å². The molecule has 2 aromatic heterocycles. The number of carbonyl (C=O) groups excluding carboxylic acids is 1. The van der Waals surface area contributed by atoms with Crippen molar-refractivity contribution in [2.75, 3.05) is 10.4 Å². The number of H-pyrrole nitrogens is 1. The Bertz CT molecular complexity index is 1310. The number of carbonyl (C=O) groups is 1. The maximum Gasteiger partial charge on any atom is 0.449 e. The molecule has 0 spiro atoms. The largest absolute Gasteiger partial charge is 0.457 e. The number of benzene rings is 2. The van der Waals surface area contributed by atoms with Crippen molar-refractivity contribution < 1.29 is 22.7 Å². The molecule has 1 amide bonds. The lowest BCUT2D eigenvalue weighted by Gasteiger charge is -2.20. The maximum absolute atomic E-state index is 12.8. The van der Waals surface area contributed by atoms with Crippen LogP contribution in [0.2, 0.25) is 0 Å². The molecule has 0 fully saturated rings. The predicted octanol–water partition coefficient (Wildman–Crippen LogP) is 4.63. The van der Waals surface area contributed by atoms with Crippen molar-refractivity contribution in [1.29, 1.82) is 5.26 Å². The van der Waals surface area contributed by atoms with Crippen LogP contribution in [-0.2, 0) is 11.0 Å². The number of hydrogen-bond acceptors (Lipinski definition) is 6. The molecule has 0 radical (unpaired) electrons. The highest BCUT2D eigenvalue weighted by atomic mass is 19.4. The number of fused-ring (bicyclic) bond motifs is 1. The second-order valence-electron chi connectivity index (χ2n) is 6.49. The number of hydrogen-bond donors (Lipinski definition) is 2. The van der Waals surface area contributed by atoms with Gasteiger partial charge in [0, 0.05) is 12.3 Å². The van der Waals surface area contributed by atoms with E-state index in [-0.39, 0.29) is 16.7 Å². The molecule has 0 saturated heterocycles. The number of imidazole rings is 1. The highest BCUT2D eigenvalue weighted by Gasteiger charge is 2.34. The Morgan fingerprint density at radius 3 is 2.56 bits per heavy atom. The van der Waals surface area contributed by atoms with Gasteiger partial charge in [-0.1, -0.05) is 0 Å². The van der Waals surface area contributed by atoms with Crippen LogP contribution < -0.4 is 15.2 Å². The van der Waals surface area contributed by atoms with Crippen LogP contribution in [0.15, 0.2) is 60.8 Å². The number of alkyl halides is 3. The Kier molecular flexibility index (Phi) is 5.34. The van der Waals surface area contributed by atoms with Gasteiger partial charge < -0.3 is 9.72 Å². The number of nitrogens with one attached hydrogen (secondary N) is 2. The van der Waals surface area contributed by atoms with Gasteiger partial charge in [-0.25, -0.2) is 15.0 Å². The Morgan fingerprint density at radius 2 is 1.88 bits per heavy atom. The summed E-state index contributed by atoms with van der Waals surface area (Å²) in [6.07, 6.45) is -2.65. The molecular formula is C21H13F3N6O2. The van der Waals surface area contributed by atoms with Gasteiger partial charge in [-0.15, -0.1) is 0 Å². The predicted molar refractivity (Wildman–Crippen MR) is 109 cm³/mol. The SMILES string of the molecule is N#Cc1cc(Oc2ccc(NN(C=O)c3ccc4nc(C(F)(F)F)[nH]c4c3)cc2)ccn1. The number of aromatic nitrogens is 3. The average Bonchev–Trinajstić information content (AvgIpc) is 3.23. The van der Waals surface area contributed by atoms with E-state index in [1.165, 1.54) is 30.5 Å². The monoisotopic (exact) mass is 438 g/mol. The van der Waals surface area contributed by atoms with E-state index in [1.807, 2.05) is 6.07 Å². The number of pyridine rings is 1. The third-order valence-corrected chi connectivity index (χ3v) is 4.30. The smallest absolute Gasteiger partial charge is 0.449 e. The van der Waals surface area contributed by atoms with E-state index in [2.05, 4.69) is 20.4 Å². The quantitative estimate of drug-likeness (QED) is 0.336. The topological polar surface area (TPSA) is 107 Å². The summed E-state index contributed by atoms with van der Waals surface area (Å²) >= 11 is 0. The number of nitriles is 1. The van der Waals surface area contributed by atoms with Gasteiger partial charge in [0.2, 0.25) is 12.2 Å². The number of hydrazine groups is 1. The van der Waals surface area contributed by atoms with Gasteiger partial charge in [0.15, 0.2) is 0 Å². The first-order chi connectivity index (χ1) is 15.4. The van der Waals surface area contributed by atoms with Crippen LogP contribution >= 0.6 is 0 Å². The van der Waals surface area contributed by atoms with E-state index in [1.54, 1.807) is 30.3 Å². The van der Waals surface area contributed by atoms with Crippen LogP contribution in [-0.4, -0.2) is 21.4 Å². The minimum atomic E-state index is -4.60. The Labute approximate surface area is 178 Å². The highest BCUT2D eigenvalue weighted by molar-refractivity contribution is 5.86. The molecule has 4 rings (SSSR count). The molecule has 0 aliphatic rings. The fourth-order valence-corrected chi connectivity index (χ4v) is 2.84. The van der Waals surface area contributed by atoms with Gasteiger partial charge in [0.25, 0.3) is 0 Å². The van der Waals surface area contributed by atoms with E-state index in [0.717, 1.165) is 5.01 Å². The lowest BCUT2D eigenvalue weighted by atomic mass is 10.2. The summed E-state index contributed by atoms with van der Waals surface area (Å²) < 4.78 is 44.2. The zero-order valence-corrected chi connectivity index (χ0v) is 16.1. The van der Waals surface area contributed by atoms with Crippen molar-refractivity contribution in [3.63, 3.8) is 0 Å². The summed E-state index contributed by atoms with van der Waals surface area (Å²) in [6.45, 7) is 0. The van der Waals surface area contributed by atoms with Crippen LogP contribution in [0.25, 0.3) is 11.0 Å². The second kappa shape index (κ2) is 8.27. The van der Waals surface area contributed by atoms with Crippen molar-refractivity contribution >= 4 is 28.8 Å². The molecule has 11 heteroatoms. The minimum absolute atomic E-state index is 0.129. The molecule has 0 atom stereocenters. The van der Waals surface area contributed by atoms with E-state index in [9.17, 15) is 18.0 Å². The summed E-state index contributed by atoms with van der Waals surface area (Å²) in [5.74, 6) is -0.179.